The average molecular weight is 917 g/mol. The first-order chi connectivity index (χ1) is 33.0. The molecule has 0 saturated heterocycles. The van der Waals surface area contributed by atoms with E-state index in [1.807, 2.05) is 132 Å². The van der Waals surface area contributed by atoms with Gasteiger partial charge in [-0.1, -0.05) is 127 Å². The van der Waals surface area contributed by atoms with E-state index < -0.39 is 36.5 Å². The molecule has 0 aliphatic carbocycles. The predicted molar refractivity (Wildman–Crippen MR) is 265 cm³/mol. The van der Waals surface area contributed by atoms with Gasteiger partial charge in [-0.25, -0.2) is 9.59 Å². The third-order valence-corrected chi connectivity index (χ3v) is 12.5. The molecule has 0 spiro atoms. The number of ether oxygens (including phenoxy) is 2. The number of carboxylic acid groups (broad SMARTS) is 1. The molecule has 334 valence electrons. The van der Waals surface area contributed by atoms with Crippen LogP contribution in [0.3, 0.4) is 0 Å². The van der Waals surface area contributed by atoms with Crippen LogP contribution < -0.4 is 16.2 Å². The molecule has 1 atom stereocenters. The molecule has 0 radical (unpaired) electrons. The van der Waals surface area contributed by atoms with Gasteiger partial charge in [0.25, 0.3) is 0 Å². The largest absolute Gasteiger partial charge is 0.481 e. The zero-order valence-electron chi connectivity index (χ0n) is 36.3. The number of nitrogens with zero attached hydrogens (tertiary/aromatic N) is 2. The number of carboxylic acids is 1. The number of primary amides is 2. The van der Waals surface area contributed by atoms with E-state index in [0.717, 1.165) is 27.8 Å². The Hall–Kier alpha value is -8.67. The lowest BCUT2D eigenvalue weighted by Crippen LogP contribution is -2.23. The fraction of sp³-hybridized carbons (Fsp3) is 0.0714. The van der Waals surface area contributed by atoms with E-state index in [9.17, 15) is 24.3 Å². The molecule has 10 aromatic rings. The molecule has 0 aliphatic heterocycles. The first-order valence-electron chi connectivity index (χ1n) is 21.8. The number of rotatable bonds is 14. The Morgan fingerprint density at radius 3 is 1.53 bits per heavy atom. The second-order valence-corrected chi connectivity index (χ2v) is 16.9. The number of halogens is 1. The summed E-state index contributed by atoms with van der Waals surface area (Å²) in [6.45, 7) is 0.0725. The summed E-state index contributed by atoms with van der Waals surface area (Å²) in [5.41, 5.74) is 20.1. The van der Waals surface area contributed by atoms with Crippen molar-refractivity contribution in [3.05, 3.63) is 209 Å². The number of carbonyl (C=O) groups is 4. The number of aliphatic carboxylic acids is 1. The van der Waals surface area contributed by atoms with E-state index in [-0.39, 0.29) is 22.4 Å². The highest BCUT2D eigenvalue weighted by molar-refractivity contribution is 6.30. The van der Waals surface area contributed by atoms with E-state index in [2.05, 4.69) is 4.57 Å². The SMILES string of the molecule is NC(=O)c1cccc2c1c1c(OCC(=O)OC(C(=O)O)c3cc(-c4ccc(Cl)cc4)cc4c3c3c(C(N)=O)cccc3n4Cc3ccccc3)cc(-c3ccccc3)cc1n2Cc1ccccc1. The molecule has 1 unspecified atom stereocenters. The van der Waals surface area contributed by atoms with Crippen molar-refractivity contribution in [2.45, 2.75) is 19.2 Å². The molecular formula is C56H41ClN4O7. The lowest BCUT2D eigenvalue weighted by Gasteiger charge is -2.18. The maximum absolute atomic E-state index is 14.3. The maximum atomic E-state index is 14.3. The third kappa shape index (κ3) is 8.05. The van der Waals surface area contributed by atoms with Gasteiger partial charge in [0.2, 0.25) is 17.9 Å². The van der Waals surface area contributed by atoms with Crippen LogP contribution in [0, 0.1) is 0 Å². The number of esters is 1. The first kappa shape index (κ1) is 43.2. The number of carbonyl (C=O) groups excluding carboxylic acids is 3. The lowest BCUT2D eigenvalue weighted by molar-refractivity contribution is -0.165. The number of benzene rings is 8. The Morgan fingerprint density at radius 2 is 1.00 bits per heavy atom. The first-order valence-corrected chi connectivity index (χ1v) is 22.1. The second-order valence-electron chi connectivity index (χ2n) is 16.5. The Kier molecular flexibility index (Phi) is 11.4. The summed E-state index contributed by atoms with van der Waals surface area (Å²) in [6.07, 6.45) is -1.89. The van der Waals surface area contributed by atoms with E-state index in [4.69, 9.17) is 32.5 Å². The van der Waals surface area contributed by atoms with E-state index in [1.54, 1.807) is 48.5 Å². The molecule has 0 fully saturated rings. The van der Waals surface area contributed by atoms with Crippen LogP contribution in [0.2, 0.25) is 5.02 Å². The minimum absolute atomic E-state index is 0.113. The van der Waals surface area contributed by atoms with Gasteiger partial charge in [-0.2, -0.15) is 0 Å². The van der Waals surface area contributed by atoms with Gasteiger partial charge in [0, 0.05) is 51.0 Å². The Morgan fingerprint density at radius 1 is 0.515 bits per heavy atom. The molecule has 12 heteroatoms. The van der Waals surface area contributed by atoms with E-state index in [0.29, 0.717) is 67.3 Å². The highest BCUT2D eigenvalue weighted by atomic mass is 35.5. The summed E-state index contributed by atoms with van der Waals surface area (Å²) in [6, 6.07) is 54.2. The summed E-state index contributed by atoms with van der Waals surface area (Å²) >= 11 is 6.30. The van der Waals surface area contributed by atoms with Crippen molar-refractivity contribution < 1.29 is 33.8 Å². The second kappa shape index (κ2) is 18.0. The standard InChI is InChI=1S/C56H41ClN4O7/c57-39-24-22-36(23-25-39)37-26-42(51-45(27-37)60(30-33-12-4-1-5-13-33)43-20-10-18-40(49(43)51)54(58)63)53(56(65)66)68-48(62)32-67-47-29-38(35-16-8-3-9-17-35)28-46-52(47)50-41(55(59)64)19-11-21-44(50)61(46)31-34-14-6-2-7-15-34/h1-29,53H,30-32H2,(H2,58,63)(H2,59,64)(H,65,66). The number of amides is 2. The van der Waals surface area contributed by atoms with Gasteiger partial charge in [-0.05, 0) is 94.0 Å². The molecule has 2 heterocycles. The fourth-order valence-corrected chi connectivity index (χ4v) is 9.40. The van der Waals surface area contributed by atoms with Crippen molar-refractivity contribution in [2.24, 2.45) is 11.5 Å². The van der Waals surface area contributed by atoms with Gasteiger partial charge in [-0.3, -0.25) is 9.59 Å². The minimum atomic E-state index is -1.89. The molecule has 8 aromatic carbocycles. The molecule has 2 aromatic heterocycles. The van der Waals surface area contributed by atoms with Crippen LogP contribution in [0.1, 0.15) is 43.5 Å². The maximum Gasteiger partial charge on any atom is 0.349 e. The molecule has 11 nitrogen and oxygen atoms in total. The number of hydrogen-bond donors (Lipinski definition) is 3. The Labute approximate surface area is 394 Å². The summed E-state index contributed by atoms with van der Waals surface area (Å²) in [5.74, 6) is -3.57. The summed E-state index contributed by atoms with van der Waals surface area (Å²) in [5, 5.41) is 13.4. The van der Waals surface area contributed by atoms with Crippen molar-refractivity contribution in [3.8, 4) is 28.0 Å². The van der Waals surface area contributed by atoms with Crippen molar-refractivity contribution in [1.29, 1.82) is 0 Å². The highest BCUT2D eigenvalue weighted by Gasteiger charge is 2.32. The third-order valence-electron chi connectivity index (χ3n) is 12.3. The van der Waals surface area contributed by atoms with Crippen LogP contribution in [0.15, 0.2) is 176 Å². The number of nitrogens with two attached hydrogens (primary N) is 2. The number of fused-ring (bicyclic) bond motifs is 6. The molecule has 0 saturated carbocycles. The number of hydrogen-bond acceptors (Lipinski definition) is 6. The predicted octanol–water partition coefficient (Wildman–Crippen LogP) is 10.9. The minimum Gasteiger partial charge on any atom is -0.481 e. The van der Waals surface area contributed by atoms with Crippen LogP contribution in [0.25, 0.3) is 65.9 Å². The Bertz CT molecular complexity index is 3610. The van der Waals surface area contributed by atoms with Crippen molar-refractivity contribution in [1.82, 2.24) is 9.13 Å². The van der Waals surface area contributed by atoms with Gasteiger partial charge in [0.1, 0.15) is 5.75 Å². The quantitative estimate of drug-likeness (QED) is 0.0912. The van der Waals surface area contributed by atoms with Crippen LogP contribution in [0.5, 0.6) is 5.75 Å². The normalized spacial score (nSPS) is 11.8. The molecule has 68 heavy (non-hydrogen) atoms. The van der Waals surface area contributed by atoms with Gasteiger partial charge < -0.3 is 35.2 Å². The van der Waals surface area contributed by atoms with Crippen molar-refractivity contribution in [2.75, 3.05) is 6.61 Å². The van der Waals surface area contributed by atoms with Gasteiger partial charge in [0.15, 0.2) is 6.61 Å². The molecule has 5 N–H and O–H groups in total. The molecule has 0 bridgehead atoms. The monoisotopic (exact) mass is 916 g/mol. The van der Waals surface area contributed by atoms with Crippen LogP contribution in [-0.2, 0) is 27.4 Å². The van der Waals surface area contributed by atoms with Gasteiger partial charge >= 0.3 is 11.9 Å². The molecular weight excluding hydrogens is 876 g/mol. The molecule has 0 aliphatic rings. The molecule has 2 amide bonds. The van der Waals surface area contributed by atoms with Crippen LogP contribution in [-0.4, -0.2) is 44.6 Å². The van der Waals surface area contributed by atoms with Gasteiger partial charge in [0.05, 0.1) is 27.5 Å². The van der Waals surface area contributed by atoms with Crippen molar-refractivity contribution in [3.63, 3.8) is 0 Å². The average Bonchev–Trinajstić information content (AvgIpc) is 3.84. The van der Waals surface area contributed by atoms with E-state index >= 15 is 0 Å². The van der Waals surface area contributed by atoms with Gasteiger partial charge in [-0.15, -0.1) is 0 Å². The summed E-state index contributed by atoms with van der Waals surface area (Å²) in [4.78, 5) is 54.1. The molecule has 10 rings (SSSR count). The zero-order valence-corrected chi connectivity index (χ0v) is 37.0. The number of aromatic nitrogens is 2. The smallest absolute Gasteiger partial charge is 0.349 e. The topological polar surface area (TPSA) is 169 Å². The van der Waals surface area contributed by atoms with Crippen LogP contribution in [0.4, 0.5) is 0 Å². The fourth-order valence-electron chi connectivity index (χ4n) is 9.27. The zero-order chi connectivity index (χ0) is 47.1. The lowest BCUT2D eigenvalue weighted by atomic mass is 9.94. The highest BCUT2D eigenvalue weighted by Crippen LogP contribution is 2.43. The van der Waals surface area contributed by atoms with E-state index in [1.165, 1.54) is 0 Å². The van der Waals surface area contributed by atoms with Crippen molar-refractivity contribution >= 4 is 79.0 Å². The Balaban J connectivity index is 1.11. The summed E-state index contributed by atoms with van der Waals surface area (Å²) in [7, 11) is 0. The summed E-state index contributed by atoms with van der Waals surface area (Å²) < 4.78 is 16.5. The van der Waals surface area contributed by atoms with Crippen LogP contribution >= 0.6 is 11.6 Å².